The molecule has 4 rings (SSSR count). The average molecular weight is 491 g/mol. The Morgan fingerprint density at radius 1 is 1.19 bits per heavy atom. The number of thiophene rings is 1. The molecule has 0 spiro atoms. The molecule has 2 aromatic heterocycles. The fourth-order valence-electron chi connectivity index (χ4n) is 3.93. The second-order valence-electron chi connectivity index (χ2n) is 7.81. The van der Waals surface area contributed by atoms with E-state index in [0.29, 0.717) is 44.5 Å². The summed E-state index contributed by atoms with van der Waals surface area (Å²) in [6.45, 7) is 4.82. The minimum absolute atomic E-state index is 0.295. The predicted molar refractivity (Wildman–Crippen MR) is 130 cm³/mol. The summed E-state index contributed by atoms with van der Waals surface area (Å²) in [5.41, 5.74) is 2.31. The number of halogens is 2. The maximum atomic E-state index is 13.4. The van der Waals surface area contributed by atoms with Gasteiger partial charge in [-0.3, -0.25) is 14.3 Å². The van der Waals surface area contributed by atoms with Gasteiger partial charge < -0.3 is 10.6 Å². The molecule has 1 atom stereocenters. The quantitative estimate of drug-likeness (QED) is 0.426. The van der Waals surface area contributed by atoms with E-state index in [1.54, 1.807) is 35.1 Å². The first-order chi connectivity index (χ1) is 15.4. The van der Waals surface area contributed by atoms with Crippen molar-refractivity contribution in [3.8, 4) is 0 Å². The summed E-state index contributed by atoms with van der Waals surface area (Å²) >= 11 is 13.7. The fraction of sp³-hybridized carbons (Fsp3) is 0.348. The maximum absolute atomic E-state index is 13.4. The van der Waals surface area contributed by atoms with Gasteiger partial charge in [-0.2, -0.15) is 5.10 Å². The van der Waals surface area contributed by atoms with E-state index < -0.39 is 0 Å². The molecule has 0 aliphatic heterocycles. The Balaban J connectivity index is 1.66. The number of carbonyl (C=O) groups excluding carboxylic acids is 2. The third-order valence-electron chi connectivity index (χ3n) is 5.78. The number of nitrogens with zero attached hydrogens (tertiary/aromatic N) is 2. The van der Waals surface area contributed by atoms with Gasteiger partial charge in [-0.05, 0) is 61.9 Å². The molecule has 0 fully saturated rings. The SMILES string of the molecule is CC[C@@H]1CCc2c(sc(NC(=O)c3ccn(CC)n3)c2C(=O)Nc2ccc(Cl)cc2Cl)C1. The molecule has 168 valence electrons. The Morgan fingerprint density at radius 3 is 2.69 bits per heavy atom. The Morgan fingerprint density at radius 2 is 2.00 bits per heavy atom. The molecule has 0 saturated heterocycles. The number of nitrogens with one attached hydrogen (secondary N) is 2. The Bertz CT molecular complexity index is 1170. The molecule has 9 heteroatoms. The highest BCUT2D eigenvalue weighted by atomic mass is 35.5. The molecule has 3 aromatic rings. The summed E-state index contributed by atoms with van der Waals surface area (Å²) in [5, 5.41) is 11.5. The normalized spacial score (nSPS) is 15.3. The molecule has 1 aromatic carbocycles. The summed E-state index contributed by atoms with van der Waals surface area (Å²) in [6, 6.07) is 6.60. The van der Waals surface area contributed by atoms with Crippen LogP contribution in [-0.4, -0.2) is 21.6 Å². The monoisotopic (exact) mass is 490 g/mol. The molecule has 0 bridgehead atoms. The van der Waals surface area contributed by atoms with Crippen molar-refractivity contribution < 1.29 is 9.59 Å². The zero-order valence-corrected chi connectivity index (χ0v) is 20.2. The number of hydrogen-bond acceptors (Lipinski definition) is 4. The largest absolute Gasteiger partial charge is 0.321 e. The van der Waals surface area contributed by atoms with Crippen molar-refractivity contribution in [2.45, 2.75) is 46.1 Å². The number of aromatic nitrogens is 2. The minimum atomic E-state index is -0.332. The smallest absolute Gasteiger partial charge is 0.276 e. The molecule has 1 aliphatic rings. The van der Waals surface area contributed by atoms with Crippen LogP contribution < -0.4 is 10.6 Å². The minimum Gasteiger partial charge on any atom is -0.321 e. The van der Waals surface area contributed by atoms with Gasteiger partial charge in [-0.25, -0.2) is 0 Å². The third-order valence-corrected chi connectivity index (χ3v) is 7.49. The average Bonchev–Trinajstić information content (AvgIpc) is 3.39. The second-order valence-corrected chi connectivity index (χ2v) is 9.76. The van der Waals surface area contributed by atoms with E-state index in [4.69, 9.17) is 23.2 Å². The Hall–Kier alpha value is -2.35. The highest BCUT2D eigenvalue weighted by Crippen LogP contribution is 2.41. The van der Waals surface area contributed by atoms with E-state index in [1.807, 2.05) is 6.92 Å². The first-order valence-electron chi connectivity index (χ1n) is 10.6. The molecule has 0 saturated carbocycles. The number of benzene rings is 1. The van der Waals surface area contributed by atoms with Crippen LogP contribution in [0.25, 0.3) is 0 Å². The van der Waals surface area contributed by atoms with Crippen LogP contribution in [0.15, 0.2) is 30.5 Å². The van der Waals surface area contributed by atoms with Gasteiger partial charge in [-0.15, -0.1) is 11.3 Å². The standard InChI is InChI=1S/C23H24Cl2N4O2S/c1-3-13-5-7-15-19(11-13)32-23(27-21(30)18-9-10-29(4-2)28-18)20(15)22(31)26-17-8-6-14(24)12-16(17)25/h6,8-10,12-13H,3-5,7,11H2,1-2H3,(H,26,31)(H,27,30)/t13-/m1/s1. The van der Waals surface area contributed by atoms with E-state index in [2.05, 4.69) is 22.7 Å². The van der Waals surface area contributed by atoms with Crippen LogP contribution in [0.2, 0.25) is 10.0 Å². The summed E-state index contributed by atoms with van der Waals surface area (Å²) in [7, 11) is 0. The van der Waals surface area contributed by atoms with Crippen molar-refractivity contribution in [2.75, 3.05) is 10.6 Å². The number of anilines is 2. The van der Waals surface area contributed by atoms with Crippen LogP contribution in [-0.2, 0) is 19.4 Å². The summed E-state index contributed by atoms with van der Waals surface area (Å²) in [5.74, 6) is -0.0379. The van der Waals surface area contributed by atoms with E-state index >= 15 is 0 Å². The molecule has 0 radical (unpaired) electrons. The number of carbonyl (C=O) groups is 2. The molecule has 2 heterocycles. The number of rotatable bonds is 6. The first-order valence-corrected chi connectivity index (χ1v) is 12.2. The van der Waals surface area contributed by atoms with Gasteiger partial charge in [0.15, 0.2) is 5.69 Å². The molecule has 2 N–H and O–H groups in total. The van der Waals surface area contributed by atoms with Gasteiger partial charge >= 0.3 is 0 Å². The highest BCUT2D eigenvalue weighted by molar-refractivity contribution is 7.17. The number of aryl methyl sites for hydroxylation is 1. The maximum Gasteiger partial charge on any atom is 0.276 e. The number of hydrogen-bond donors (Lipinski definition) is 2. The van der Waals surface area contributed by atoms with E-state index in [-0.39, 0.29) is 11.8 Å². The van der Waals surface area contributed by atoms with Crippen LogP contribution in [0.5, 0.6) is 0 Å². The molecule has 0 unspecified atom stereocenters. The topological polar surface area (TPSA) is 76.0 Å². The molecule has 1 aliphatic carbocycles. The van der Waals surface area contributed by atoms with E-state index in [0.717, 1.165) is 36.1 Å². The van der Waals surface area contributed by atoms with Crippen molar-refractivity contribution in [1.82, 2.24) is 9.78 Å². The van der Waals surface area contributed by atoms with Crippen LogP contribution in [0.1, 0.15) is 58.0 Å². The zero-order valence-electron chi connectivity index (χ0n) is 17.9. The van der Waals surface area contributed by atoms with Crippen LogP contribution in [0, 0.1) is 5.92 Å². The van der Waals surface area contributed by atoms with Gasteiger partial charge in [0.2, 0.25) is 0 Å². The van der Waals surface area contributed by atoms with Gasteiger partial charge in [-0.1, -0.05) is 36.5 Å². The lowest BCUT2D eigenvalue weighted by Crippen LogP contribution is -2.20. The number of fused-ring (bicyclic) bond motifs is 1. The van der Waals surface area contributed by atoms with Crippen molar-refractivity contribution in [1.29, 1.82) is 0 Å². The second kappa shape index (κ2) is 9.65. The van der Waals surface area contributed by atoms with Crippen LogP contribution in [0.3, 0.4) is 0 Å². The van der Waals surface area contributed by atoms with Crippen molar-refractivity contribution in [2.24, 2.45) is 5.92 Å². The van der Waals surface area contributed by atoms with Gasteiger partial charge in [0.25, 0.3) is 11.8 Å². The van der Waals surface area contributed by atoms with E-state index in [1.165, 1.54) is 11.3 Å². The molecule has 6 nitrogen and oxygen atoms in total. The number of amides is 2. The van der Waals surface area contributed by atoms with Gasteiger partial charge in [0, 0.05) is 22.6 Å². The first kappa shape index (κ1) is 22.8. The molecule has 2 amide bonds. The summed E-state index contributed by atoms with van der Waals surface area (Å²) in [6.07, 6.45) is 5.60. The van der Waals surface area contributed by atoms with Crippen molar-refractivity contribution in [3.05, 3.63) is 62.2 Å². The van der Waals surface area contributed by atoms with Crippen LogP contribution in [0.4, 0.5) is 10.7 Å². The van der Waals surface area contributed by atoms with Crippen LogP contribution >= 0.6 is 34.5 Å². The molecule has 32 heavy (non-hydrogen) atoms. The lowest BCUT2D eigenvalue weighted by Gasteiger charge is -2.21. The van der Waals surface area contributed by atoms with Crippen molar-refractivity contribution >= 4 is 57.0 Å². The zero-order chi connectivity index (χ0) is 22.8. The van der Waals surface area contributed by atoms with Gasteiger partial charge in [0.1, 0.15) is 5.00 Å². The fourth-order valence-corrected chi connectivity index (χ4v) is 5.74. The lowest BCUT2D eigenvalue weighted by molar-refractivity contribution is 0.102. The Kier molecular flexibility index (Phi) is 6.88. The summed E-state index contributed by atoms with van der Waals surface area (Å²) in [4.78, 5) is 27.4. The van der Waals surface area contributed by atoms with E-state index in [9.17, 15) is 9.59 Å². The highest BCUT2D eigenvalue weighted by Gasteiger charge is 2.30. The lowest BCUT2D eigenvalue weighted by atomic mass is 9.85. The Labute approximate surface area is 200 Å². The summed E-state index contributed by atoms with van der Waals surface area (Å²) < 4.78 is 1.69. The van der Waals surface area contributed by atoms with Gasteiger partial charge in [0.05, 0.1) is 16.3 Å². The molecular formula is C23H24Cl2N4O2S. The third kappa shape index (κ3) is 4.70. The van der Waals surface area contributed by atoms with Crippen molar-refractivity contribution in [3.63, 3.8) is 0 Å². The molecular weight excluding hydrogens is 467 g/mol. The predicted octanol–water partition coefficient (Wildman–Crippen LogP) is 6.29.